The number of aromatic nitrogens is 2. The highest BCUT2D eigenvalue weighted by Gasteiger charge is 2.27. The molecule has 3 aromatic rings. The molecule has 1 aliphatic carbocycles. The van der Waals surface area contributed by atoms with Crippen LogP contribution in [0.3, 0.4) is 0 Å². The lowest BCUT2D eigenvalue weighted by atomic mass is 9.87. The Morgan fingerprint density at radius 2 is 1.74 bits per heavy atom. The van der Waals surface area contributed by atoms with Crippen LogP contribution in [-0.2, 0) is 9.53 Å². The summed E-state index contributed by atoms with van der Waals surface area (Å²) in [5.41, 5.74) is 2.31. The number of benzene rings is 1. The van der Waals surface area contributed by atoms with Crippen LogP contribution in [0.2, 0.25) is 0 Å². The van der Waals surface area contributed by atoms with E-state index in [1.807, 2.05) is 24.3 Å². The molecular weight excluding hydrogens is 444 g/mol. The summed E-state index contributed by atoms with van der Waals surface area (Å²) < 4.78 is 4.69. The highest BCUT2D eigenvalue weighted by Crippen LogP contribution is 2.35. The Labute approximate surface area is 204 Å². The number of carbonyl (C=O) groups is 3. The number of amides is 2. The molecule has 1 unspecified atom stereocenters. The van der Waals surface area contributed by atoms with Crippen LogP contribution >= 0.6 is 0 Å². The van der Waals surface area contributed by atoms with Crippen LogP contribution in [0.5, 0.6) is 0 Å². The number of ether oxygens (including phenoxy) is 1. The van der Waals surface area contributed by atoms with Crippen LogP contribution in [0.1, 0.15) is 64.3 Å². The molecule has 1 aromatic carbocycles. The standard InChI is InChI=1S/C27H28N4O4/c1-35-27(34)21-10-13-24(29-17-21)31-26(33)23(15-18-5-2-3-6-18)19-8-11-22(12-9-19)30-25(32)20-7-4-14-28-16-20/h4,7-14,16-18,23H,2-3,5-6,15H2,1H3,(H,30,32)(H,29,31,33). The van der Waals surface area contributed by atoms with Crippen molar-refractivity contribution in [3.63, 3.8) is 0 Å². The lowest BCUT2D eigenvalue weighted by molar-refractivity contribution is -0.118. The Kier molecular flexibility index (Phi) is 7.82. The molecule has 180 valence electrons. The van der Waals surface area contributed by atoms with E-state index >= 15 is 0 Å². The van der Waals surface area contributed by atoms with Gasteiger partial charge in [-0.2, -0.15) is 0 Å². The van der Waals surface area contributed by atoms with E-state index in [2.05, 4.69) is 20.6 Å². The average Bonchev–Trinajstić information content (AvgIpc) is 3.42. The molecule has 2 amide bonds. The predicted molar refractivity (Wildman–Crippen MR) is 132 cm³/mol. The van der Waals surface area contributed by atoms with E-state index in [0.29, 0.717) is 28.6 Å². The van der Waals surface area contributed by atoms with Crippen molar-refractivity contribution in [1.82, 2.24) is 9.97 Å². The Morgan fingerprint density at radius 3 is 2.37 bits per heavy atom. The first kappa shape index (κ1) is 24.1. The van der Waals surface area contributed by atoms with Gasteiger partial charge in [0, 0.05) is 24.3 Å². The number of nitrogens with one attached hydrogen (secondary N) is 2. The maximum Gasteiger partial charge on any atom is 0.339 e. The second kappa shape index (κ2) is 11.4. The summed E-state index contributed by atoms with van der Waals surface area (Å²) >= 11 is 0. The number of carbonyl (C=O) groups excluding carboxylic acids is 3. The smallest absolute Gasteiger partial charge is 0.339 e. The van der Waals surface area contributed by atoms with Gasteiger partial charge in [-0.3, -0.25) is 14.6 Å². The van der Waals surface area contributed by atoms with Crippen molar-refractivity contribution in [3.8, 4) is 0 Å². The number of methoxy groups -OCH3 is 1. The number of pyridine rings is 2. The van der Waals surface area contributed by atoms with Crippen molar-refractivity contribution in [2.75, 3.05) is 17.7 Å². The Balaban J connectivity index is 1.48. The first-order valence-corrected chi connectivity index (χ1v) is 11.7. The van der Waals surface area contributed by atoms with Crippen LogP contribution in [-0.4, -0.2) is 34.9 Å². The van der Waals surface area contributed by atoms with Gasteiger partial charge in [-0.1, -0.05) is 37.8 Å². The highest BCUT2D eigenvalue weighted by atomic mass is 16.5. The number of hydrogen-bond donors (Lipinski definition) is 2. The van der Waals surface area contributed by atoms with Crippen molar-refractivity contribution in [2.45, 2.75) is 38.0 Å². The summed E-state index contributed by atoms with van der Waals surface area (Å²) in [6.07, 6.45) is 9.87. The summed E-state index contributed by atoms with van der Waals surface area (Å²) in [4.78, 5) is 45.5. The molecule has 0 aliphatic heterocycles. The largest absolute Gasteiger partial charge is 0.465 e. The summed E-state index contributed by atoms with van der Waals surface area (Å²) in [5, 5.41) is 5.75. The van der Waals surface area contributed by atoms with Gasteiger partial charge in [-0.05, 0) is 54.3 Å². The van der Waals surface area contributed by atoms with E-state index in [-0.39, 0.29) is 17.7 Å². The molecule has 0 bridgehead atoms. The molecule has 2 N–H and O–H groups in total. The predicted octanol–water partition coefficient (Wildman–Crippen LogP) is 4.82. The lowest BCUT2D eigenvalue weighted by Gasteiger charge is -2.21. The molecule has 8 nitrogen and oxygen atoms in total. The Bertz CT molecular complexity index is 1160. The average molecular weight is 473 g/mol. The minimum atomic E-state index is -0.481. The van der Waals surface area contributed by atoms with E-state index < -0.39 is 5.97 Å². The van der Waals surface area contributed by atoms with Crippen molar-refractivity contribution in [3.05, 3.63) is 83.8 Å². The first-order valence-electron chi connectivity index (χ1n) is 11.7. The number of esters is 1. The SMILES string of the molecule is COC(=O)c1ccc(NC(=O)C(CC2CCCC2)c2ccc(NC(=O)c3cccnc3)cc2)nc1. The summed E-state index contributed by atoms with van der Waals surface area (Å²) in [7, 11) is 1.31. The van der Waals surface area contributed by atoms with Gasteiger partial charge in [0.1, 0.15) is 5.82 Å². The third kappa shape index (κ3) is 6.29. The maximum absolute atomic E-state index is 13.3. The third-order valence-corrected chi connectivity index (χ3v) is 6.29. The number of nitrogens with zero attached hydrogens (tertiary/aromatic N) is 2. The van der Waals surface area contributed by atoms with Gasteiger partial charge in [0.05, 0.1) is 24.2 Å². The van der Waals surface area contributed by atoms with Crippen molar-refractivity contribution in [1.29, 1.82) is 0 Å². The fourth-order valence-electron chi connectivity index (χ4n) is 4.39. The lowest BCUT2D eigenvalue weighted by Crippen LogP contribution is -2.23. The fraction of sp³-hybridized carbons (Fsp3) is 0.296. The van der Waals surface area contributed by atoms with Gasteiger partial charge in [0.25, 0.3) is 5.91 Å². The molecule has 1 aliphatic rings. The molecule has 4 rings (SSSR count). The van der Waals surface area contributed by atoms with E-state index in [0.717, 1.165) is 24.8 Å². The van der Waals surface area contributed by atoms with E-state index in [1.54, 1.807) is 30.5 Å². The zero-order valence-corrected chi connectivity index (χ0v) is 19.6. The highest BCUT2D eigenvalue weighted by molar-refractivity contribution is 6.04. The Morgan fingerprint density at radius 1 is 0.971 bits per heavy atom. The zero-order chi connectivity index (χ0) is 24.6. The summed E-state index contributed by atoms with van der Waals surface area (Å²) in [5.74, 6) is -0.367. The van der Waals surface area contributed by atoms with Crippen molar-refractivity contribution < 1.29 is 19.1 Å². The second-order valence-corrected chi connectivity index (χ2v) is 8.67. The second-order valence-electron chi connectivity index (χ2n) is 8.67. The molecule has 1 fully saturated rings. The van der Waals surface area contributed by atoms with Gasteiger partial charge in [0.2, 0.25) is 5.91 Å². The molecule has 1 saturated carbocycles. The van der Waals surface area contributed by atoms with Crippen molar-refractivity contribution in [2.24, 2.45) is 5.92 Å². The minimum Gasteiger partial charge on any atom is -0.465 e. The van der Waals surface area contributed by atoms with Gasteiger partial charge in [-0.25, -0.2) is 9.78 Å². The zero-order valence-electron chi connectivity index (χ0n) is 19.6. The van der Waals surface area contributed by atoms with Gasteiger partial charge in [0.15, 0.2) is 0 Å². The van der Waals surface area contributed by atoms with E-state index in [9.17, 15) is 14.4 Å². The molecule has 0 spiro atoms. The van der Waals surface area contributed by atoms with E-state index in [4.69, 9.17) is 4.74 Å². The van der Waals surface area contributed by atoms with Crippen LogP contribution in [0.15, 0.2) is 67.1 Å². The Hall–Kier alpha value is -4.07. The van der Waals surface area contributed by atoms with Crippen LogP contribution < -0.4 is 10.6 Å². The van der Waals surface area contributed by atoms with Gasteiger partial charge < -0.3 is 15.4 Å². The normalized spacial score (nSPS) is 14.2. The van der Waals surface area contributed by atoms with Gasteiger partial charge >= 0.3 is 5.97 Å². The number of rotatable bonds is 8. The number of hydrogen-bond acceptors (Lipinski definition) is 6. The molecule has 0 radical (unpaired) electrons. The third-order valence-electron chi connectivity index (χ3n) is 6.29. The van der Waals surface area contributed by atoms with E-state index in [1.165, 1.54) is 32.3 Å². The molecule has 0 saturated heterocycles. The molecule has 8 heteroatoms. The molecule has 1 atom stereocenters. The van der Waals surface area contributed by atoms with Crippen LogP contribution in [0.4, 0.5) is 11.5 Å². The fourth-order valence-corrected chi connectivity index (χ4v) is 4.39. The molecular formula is C27H28N4O4. The quantitative estimate of drug-likeness (QED) is 0.455. The first-order chi connectivity index (χ1) is 17.0. The van der Waals surface area contributed by atoms with Crippen LogP contribution in [0, 0.1) is 5.92 Å². The molecule has 2 aromatic heterocycles. The topological polar surface area (TPSA) is 110 Å². The molecule has 35 heavy (non-hydrogen) atoms. The minimum absolute atomic E-state index is 0.151. The van der Waals surface area contributed by atoms with Crippen LogP contribution in [0.25, 0.3) is 0 Å². The monoisotopic (exact) mass is 472 g/mol. The van der Waals surface area contributed by atoms with Crippen molar-refractivity contribution >= 4 is 29.3 Å². The maximum atomic E-state index is 13.3. The summed E-state index contributed by atoms with van der Waals surface area (Å²) in [6, 6.07) is 13.9. The molecule has 2 heterocycles. The summed E-state index contributed by atoms with van der Waals surface area (Å²) in [6.45, 7) is 0. The number of anilines is 2. The van der Waals surface area contributed by atoms with Gasteiger partial charge in [-0.15, -0.1) is 0 Å².